The Kier molecular flexibility index (Phi) is 4.84. The van der Waals surface area contributed by atoms with Crippen LogP contribution in [0.5, 0.6) is 0 Å². The number of benzene rings is 1. The van der Waals surface area contributed by atoms with Crippen LogP contribution in [-0.2, 0) is 18.8 Å². The summed E-state index contributed by atoms with van der Waals surface area (Å²) in [5.74, 6) is 0. The lowest BCUT2D eigenvalue weighted by Crippen LogP contribution is -2.17. The van der Waals surface area contributed by atoms with Crippen molar-refractivity contribution in [2.75, 3.05) is 0 Å². The average molecular weight is 324 g/mol. The van der Waals surface area contributed by atoms with Gasteiger partial charge in [-0.15, -0.1) is 0 Å². The quantitative estimate of drug-likeness (QED) is 0.634. The number of hydrogen-bond acceptors (Lipinski definition) is 0. The minimum Gasteiger partial charge on any atom is -0.171 e. The van der Waals surface area contributed by atoms with E-state index in [-0.39, 0.29) is 24.1 Å². The first-order valence-electron chi connectivity index (χ1n) is 5.65. The van der Waals surface area contributed by atoms with Gasteiger partial charge in [-0.25, -0.2) is 0 Å². The van der Waals surface area contributed by atoms with Crippen molar-refractivity contribution in [2.24, 2.45) is 0 Å². The molecule has 0 N–H and O–H groups in total. The highest BCUT2D eigenvalue weighted by Gasteiger charge is 2.43. The van der Waals surface area contributed by atoms with Gasteiger partial charge in [0.05, 0.1) is 11.1 Å². The Morgan fingerprint density at radius 2 is 1.24 bits per heavy atom. The zero-order valence-electron chi connectivity index (χ0n) is 10.3. The van der Waals surface area contributed by atoms with E-state index in [1.165, 1.54) is 0 Å². The fourth-order valence-electron chi connectivity index (χ4n) is 1.72. The molecule has 0 aliphatic heterocycles. The molecule has 0 saturated heterocycles. The topological polar surface area (TPSA) is 0 Å². The smallest absolute Gasteiger partial charge is 0.171 e. The maximum Gasteiger partial charge on any atom is 0.417 e. The summed E-state index contributed by atoms with van der Waals surface area (Å²) in [5, 5.41) is 0. The number of hydrogen-bond donors (Lipinski definition) is 0. The van der Waals surface area contributed by atoms with Crippen molar-refractivity contribution in [1.29, 1.82) is 0 Å². The highest BCUT2D eigenvalue weighted by Crippen LogP contribution is 2.40. The summed E-state index contributed by atoms with van der Waals surface area (Å²) < 4.78 is 111. The molecule has 1 aromatic rings. The molecule has 1 aromatic carbocycles. The van der Waals surface area contributed by atoms with Crippen LogP contribution in [0.4, 0.5) is 39.5 Å². The van der Waals surface area contributed by atoms with Crippen molar-refractivity contribution in [3.05, 3.63) is 34.9 Å². The molecule has 0 heterocycles. The Morgan fingerprint density at radius 1 is 0.714 bits per heavy atom. The molecule has 0 amide bonds. The molecule has 0 unspecified atom stereocenters. The summed E-state index contributed by atoms with van der Waals surface area (Å²) in [6, 6.07) is 1.25. The molecule has 0 aliphatic rings. The van der Waals surface area contributed by atoms with Crippen molar-refractivity contribution >= 4 is 0 Å². The molecule has 120 valence electrons. The molecule has 21 heavy (non-hydrogen) atoms. The van der Waals surface area contributed by atoms with Gasteiger partial charge < -0.3 is 0 Å². The predicted octanol–water partition coefficient (Wildman–Crippen LogP) is 5.61. The van der Waals surface area contributed by atoms with Crippen molar-refractivity contribution in [2.45, 2.75) is 37.8 Å². The number of aryl methyl sites for hydroxylation is 1. The van der Waals surface area contributed by atoms with Gasteiger partial charge in [0.25, 0.3) is 0 Å². The van der Waals surface area contributed by atoms with E-state index in [1.807, 2.05) is 0 Å². The van der Waals surface area contributed by atoms with E-state index in [0.29, 0.717) is 0 Å². The van der Waals surface area contributed by atoms with Crippen molar-refractivity contribution < 1.29 is 39.5 Å². The van der Waals surface area contributed by atoms with E-state index in [2.05, 4.69) is 0 Å². The van der Waals surface area contributed by atoms with Crippen LogP contribution in [0.15, 0.2) is 18.2 Å². The van der Waals surface area contributed by atoms with Crippen LogP contribution in [0.25, 0.3) is 0 Å². The van der Waals surface area contributed by atoms with Gasteiger partial charge in [-0.3, -0.25) is 0 Å². The Bertz CT molecular complexity index is 479. The Hall–Kier alpha value is -1.41. The molecule has 0 saturated carbocycles. The van der Waals surface area contributed by atoms with E-state index in [9.17, 15) is 39.5 Å². The molecule has 1 rings (SSSR count). The van der Waals surface area contributed by atoms with Gasteiger partial charge >= 0.3 is 18.5 Å². The number of rotatable bonds is 3. The lowest BCUT2D eigenvalue weighted by atomic mass is 10.00. The summed E-state index contributed by atoms with van der Waals surface area (Å²) in [7, 11) is 0. The zero-order chi connectivity index (χ0) is 16.5. The second-order valence-corrected chi connectivity index (χ2v) is 4.34. The van der Waals surface area contributed by atoms with Crippen LogP contribution in [-0.4, -0.2) is 6.18 Å². The molecule has 0 fully saturated rings. The van der Waals surface area contributed by atoms with E-state index in [4.69, 9.17) is 0 Å². The zero-order valence-corrected chi connectivity index (χ0v) is 10.3. The first-order valence-corrected chi connectivity index (χ1v) is 5.65. The number of halogens is 9. The summed E-state index contributed by atoms with van der Waals surface area (Å²) in [4.78, 5) is 0. The van der Waals surface area contributed by atoms with Crippen LogP contribution < -0.4 is 0 Å². The van der Waals surface area contributed by atoms with Gasteiger partial charge in [-0.2, -0.15) is 39.5 Å². The van der Waals surface area contributed by atoms with Gasteiger partial charge in [0, 0.05) is 6.42 Å². The summed E-state index contributed by atoms with van der Waals surface area (Å²) in [5.41, 5.74) is -3.96. The minimum atomic E-state index is -5.23. The SMILES string of the molecule is FC(F)(F)CCCc1ccc(C(F)(F)F)c(C(F)(F)F)c1. The van der Waals surface area contributed by atoms with Gasteiger partial charge in [-0.1, -0.05) is 6.07 Å². The molecule has 0 radical (unpaired) electrons. The first-order chi connectivity index (χ1) is 9.31. The third-order valence-corrected chi connectivity index (χ3v) is 2.62. The lowest BCUT2D eigenvalue weighted by molar-refractivity contribution is -0.162. The molecule has 9 heteroatoms. The molecule has 0 bridgehead atoms. The van der Waals surface area contributed by atoms with Crippen LogP contribution in [0.1, 0.15) is 29.5 Å². The van der Waals surface area contributed by atoms with Gasteiger partial charge in [0.2, 0.25) is 0 Å². The largest absolute Gasteiger partial charge is 0.417 e. The van der Waals surface area contributed by atoms with Gasteiger partial charge in [0.1, 0.15) is 0 Å². The van der Waals surface area contributed by atoms with Crippen molar-refractivity contribution in [3.63, 3.8) is 0 Å². The van der Waals surface area contributed by atoms with Crippen molar-refractivity contribution in [3.8, 4) is 0 Å². The standard InChI is InChI=1S/C12H9F9/c13-10(14,15)5-1-2-7-3-4-8(11(16,17)18)9(6-7)12(19,20)21/h3-4,6H,1-2,5H2. The molecule has 0 spiro atoms. The van der Waals surface area contributed by atoms with E-state index in [0.717, 1.165) is 6.07 Å². The summed E-state index contributed by atoms with van der Waals surface area (Å²) >= 11 is 0. The average Bonchev–Trinajstić information content (AvgIpc) is 2.24. The van der Waals surface area contributed by atoms with Crippen LogP contribution in [0.2, 0.25) is 0 Å². The van der Waals surface area contributed by atoms with E-state index in [1.54, 1.807) is 0 Å². The maximum atomic E-state index is 12.6. The van der Waals surface area contributed by atoms with Gasteiger partial charge in [0.15, 0.2) is 0 Å². The minimum absolute atomic E-state index is 0.223. The molecular formula is C12H9F9. The molecule has 0 aromatic heterocycles. The van der Waals surface area contributed by atoms with E-state index < -0.39 is 42.5 Å². The molecular weight excluding hydrogens is 315 g/mol. The normalized spacial score (nSPS) is 13.6. The van der Waals surface area contributed by atoms with E-state index >= 15 is 0 Å². The Labute approximate surface area is 113 Å². The first kappa shape index (κ1) is 17.6. The summed E-state index contributed by atoms with van der Waals surface area (Å²) in [6.07, 6.45) is -17.0. The van der Waals surface area contributed by atoms with Crippen LogP contribution >= 0.6 is 0 Å². The third-order valence-electron chi connectivity index (χ3n) is 2.62. The Balaban J connectivity index is 3.01. The summed E-state index contributed by atoms with van der Waals surface area (Å²) in [6.45, 7) is 0. The highest BCUT2D eigenvalue weighted by atomic mass is 19.4. The molecule has 0 atom stereocenters. The lowest BCUT2D eigenvalue weighted by Gasteiger charge is -2.16. The monoisotopic (exact) mass is 324 g/mol. The second-order valence-electron chi connectivity index (χ2n) is 4.34. The highest BCUT2D eigenvalue weighted by molar-refractivity contribution is 5.36. The maximum absolute atomic E-state index is 12.6. The predicted molar refractivity (Wildman–Crippen MR) is 55.4 cm³/mol. The Morgan fingerprint density at radius 3 is 1.67 bits per heavy atom. The third kappa shape index (κ3) is 5.47. The molecule has 0 aliphatic carbocycles. The number of alkyl halides is 9. The fourth-order valence-corrected chi connectivity index (χ4v) is 1.72. The second kappa shape index (κ2) is 5.76. The van der Waals surface area contributed by atoms with Crippen LogP contribution in [0, 0.1) is 0 Å². The van der Waals surface area contributed by atoms with Crippen molar-refractivity contribution in [1.82, 2.24) is 0 Å². The van der Waals surface area contributed by atoms with Crippen LogP contribution in [0.3, 0.4) is 0 Å². The van der Waals surface area contributed by atoms with Gasteiger partial charge in [-0.05, 0) is 30.5 Å². The fraction of sp³-hybridized carbons (Fsp3) is 0.500. The molecule has 0 nitrogen and oxygen atoms in total.